The quantitative estimate of drug-likeness (QED) is 0.394. The van der Waals surface area contributed by atoms with Gasteiger partial charge in [-0.2, -0.15) is 0 Å². The van der Waals surface area contributed by atoms with Gasteiger partial charge in [0.1, 0.15) is 5.76 Å². The number of guanidine groups is 1. The number of ether oxygens (including phenoxy) is 1. The number of hydrogen-bond acceptors (Lipinski definition) is 4. The van der Waals surface area contributed by atoms with E-state index in [9.17, 15) is 0 Å². The second-order valence-corrected chi connectivity index (χ2v) is 7.74. The Kier molecular flexibility index (Phi) is 8.49. The number of furan rings is 1. The first kappa shape index (κ1) is 20.2. The highest BCUT2D eigenvalue weighted by molar-refractivity contribution is 5.79. The van der Waals surface area contributed by atoms with Crippen molar-refractivity contribution < 1.29 is 9.15 Å². The van der Waals surface area contributed by atoms with Crippen LogP contribution < -0.4 is 10.6 Å². The number of likely N-dealkylation sites (tertiary alicyclic amines) is 1. The topological polar surface area (TPSA) is 62.0 Å². The first-order valence-corrected chi connectivity index (χ1v) is 10.7. The summed E-state index contributed by atoms with van der Waals surface area (Å²) in [5.41, 5.74) is 0. The van der Waals surface area contributed by atoms with E-state index in [2.05, 4.69) is 22.5 Å². The molecule has 1 aromatic rings. The molecule has 2 aliphatic rings. The third-order valence-corrected chi connectivity index (χ3v) is 5.58. The second kappa shape index (κ2) is 11.3. The number of aliphatic imine (C=N–C) groups is 1. The van der Waals surface area contributed by atoms with Crippen LogP contribution in [0.3, 0.4) is 0 Å². The molecule has 2 fully saturated rings. The summed E-state index contributed by atoms with van der Waals surface area (Å²) >= 11 is 0. The minimum atomic E-state index is 0.280. The summed E-state index contributed by atoms with van der Waals surface area (Å²) in [6.07, 6.45) is 10.4. The van der Waals surface area contributed by atoms with Crippen molar-refractivity contribution in [3.8, 4) is 0 Å². The van der Waals surface area contributed by atoms with E-state index in [1.165, 1.54) is 32.4 Å². The Morgan fingerprint density at radius 3 is 2.93 bits per heavy atom. The molecule has 2 unspecified atom stereocenters. The van der Waals surface area contributed by atoms with Crippen LogP contribution in [-0.4, -0.2) is 62.3 Å². The molecule has 27 heavy (non-hydrogen) atoms. The third kappa shape index (κ3) is 7.18. The lowest BCUT2D eigenvalue weighted by atomic mass is 10.0. The van der Waals surface area contributed by atoms with Crippen LogP contribution >= 0.6 is 0 Å². The van der Waals surface area contributed by atoms with Gasteiger partial charge in [0.05, 0.1) is 18.9 Å². The maximum atomic E-state index is 5.70. The summed E-state index contributed by atoms with van der Waals surface area (Å²) in [6.45, 7) is 8.15. The standard InChI is InChI=1S/C21H36N4O2/c1-18-7-2-3-13-25(18)14-6-11-22-21(24-17-20-9-5-16-27-20)23-12-10-19-8-4-15-26-19/h4,8,15,18,20H,2-3,5-7,9-14,16-17H2,1H3,(H2,22,23,24). The lowest BCUT2D eigenvalue weighted by Gasteiger charge is -2.33. The van der Waals surface area contributed by atoms with Gasteiger partial charge in [-0.25, -0.2) is 0 Å². The highest BCUT2D eigenvalue weighted by Gasteiger charge is 2.17. The van der Waals surface area contributed by atoms with Crippen molar-refractivity contribution in [3.63, 3.8) is 0 Å². The van der Waals surface area contributed by atoms with Crippen molar-refractivity contribution in [3.05, 3.63) is 24.2 Å². The van der Waals surface area contributed by atoms with Gasteiger partial charge in [-0.15, -0.1) is 0 Å². The van der Waals surface area contributed by atoms with Crippen molar-refractivity contribution in [2.75, 3.05) is 39.3 Å². The molecule has 6 nitrogen and oxygen atoms in total. The number of rotatable bonds is 9. The molecule has 0 aliphatic carbocycles. The zero-order chi connectivity index (χ0) is 18.7. The highest BCUT2D eigenvalue weighted by atomic mass is 16.5. The van der Waals surface area contributed by atoms with E-state index in [1.54, 1.807) is 6.26 Å². The fourth-order valence-electron chi connectivity index (χ4n) is 3.89. The Morgan fingerprint density at radius 2 is 2.15 bits per heavy atom. The molecule has 0 saturated carbocycles. The lowest BCUT2D eigenvalue weighted by Crippen LogP contribution is -2.42. The maximum Gasteiger partial charge on any atom is 0.191 e. The number of nitrogens with zero attached hydrogens (tertiary/aromatic N) is 2. The predicted molar refractivity (Wildman–Crippen MR) is 109 cm³/mol. The summed E-state index contributed by atoms with van der Waals surface area (Å²) in [4.78, 5) is 7.37. The number of piperidine rings is 1. The minimum absolute atomic E-state index is 0.280. The first-order valence-electron chi connectivity index (χ1n) is 10.7. The molecule has 1 aromatic heterocycles. The summed E-state index contributed by atoms with van der Waals surface area (Å²) in [5, 5.41) is 6.94. The molecule has 0 radical (unpaired) electrons. The third-order valence-electron chi connectivity index (χ3n) is 5.58. The van der Waals surface area contributed by atoms with E-state index in [1.807, 2.05) is 12.1 Å². The molecule has 0 spiro atoms. The molecular weight excluding hydrogens is 340 g/mol. The van der Waals surface area contributed by atoms with Gasteiger partial charge in [-0.3, -0.25) is 4.99 Å². The summed E-state index contributed by atoms with van der Waals surface area (Å²) < 4.78 is 11.1. The van der Waals surface area contributed by atoms with Crippen LogP contribution in [0.25, 0.3) is 0 Å². The van der Waals surface area contributed by atoms with E-state index in [4.69, 9.17) is 14.1 Å². The smallest absolute Gasteiger partial charge is 0.191 e. The number of nitrogens with one attached hydrogen (secondary N) is 2. The molecule has 152 valence electrons. The Morgan fingerprint density at radius 1 is 1.22 bits per heavy atom. The Bertz CT molecular complexity index is 540. The van der Waals surface area contributed by atoms with Crippen LogP contribution in [0.1, 0.15) is 51.2 Å². The average Bonchev–Trinajstić information content (AvgIpc) is 3.38. The van der Waals surface area contributed by atoms with Crippen molar-refractivity contribution in [2.45, 2.75) is 64.0 Å². The molecule has 6 heteroatoms. The van der Waals surface area contributed by atoms with Gasteiger partial charge in [0.15, 0.2) is 5.96 Å². The minimum Gasteiger partial charge on any atom is -0.469 e. The van der Waals surface area contributed by atoms with Gasteiger partial charge in [-0.1, -0.05) is 6.42 Å². The van der Waals surface area contributed by atoms with Gasteiger partial charge < -0.3 is 24.7 Å². The molecule has 2 N–H and O–H groups in total. The largest absolute Gasteiger partial charge is 0.469 e. The number of hydrogen-bond donors (Lipinski definition) is 2. The van der Waals surface area contributed by atoms with Crippen molar-refractivity contribution >= 4 is 5.96 Å². The second-order valence-electron chi connectivity index (χ2n) is 7.74. The van der Waals surface area contributed by atoms with E-state index in [0.717, 1.165) is 69.7 Å². The molecule has 3 rings (SSSR count). The maximum absolute atomic E-state index is 5.70. The van der Waals surface area contributed by atoms with Gasteiger partial charge in [-0.05, 0) is 57.7 Å². The molecule has 0 amide bonds. The summed E-state index contributed by atoms with van der Waals surface area (Å²) in [7, 11) is 0. The van der Waals surface area contributed by atoms with Crippen LogP contribution in [-0.2, 0) is 11.2 Å². The monoisotopic (exact) mass is 376 g/mol. The van der Waals surface area contributed by atoms with Crippen LogP contribution in [0.5, 0.6) is 0 Å². The van der Waals surface area contributed by atoms with Gasteiger partial charge in [0.2, 0.25) is 0 Å². The normalized spacial score (nSPS) is 24.3. The van der Waals surface area contributed by atoms with Crippen LogP contribution in [0, 0.1) is 0 Å². The average molecular weight is 377 g/mol. The molecule has 3 heterocycles. The molecular formula is C21H36N4O2. The molecule has 0 bridgehead atoms. The highest BCUT2D eigenvalue weighted by Crippen LogP contribution is 2.16. The molecule has 0 aromatic carbocycles. The Hall–Kier alpha value is -1.53. The van der Waals surface area contributed by atoms with Crippen LogP contribution in [0.4, 0.5) is 0 Å². The van der Waals surface area contributed by atoms with Gasteiger partial charge in [0.25, 0.3) is 0 Å². The predicted octanol–water partition coefficient (Wildman–Crippen LogP) is 2.80. The van der Waals surface area contributed by atoms with E-state index < -0.39 is 0 Å². The van der Waals surface area contributed by atoms with Crippen molar-refractivity contribution in [2.24, 2.45) is 4.99 Å². The Balaban J connectivity index is 1.39. The summed E-state index contributed by atoms with van der Waals surface area (Å²) in [5.74, 6) is 1.89. The van der Waals surface area contributed by atoms with Crippen molar-refractivity contribution in [1.82, 2.24) is 15.5 Å². The zero-order valence-corrected chi connectivity index (χ0v) is 16.8. The van der Waals surface area contributed by atoms with Gasteiger partial charge >= 0.3 is 0 Å². The van der Waals surface area contributed by atoms with Crippen molar-refractivity contribution in [1.29, 1.82) is 0 Å². The SMILES string of the molecule is CC1CCCCN1CCCNC(=NCC1CCCO1)NCCc1ccco1. The summed E-state index contributed by atoms with van der Waals surface area (Å²) in [6, 6.07) is 4.68. The van der Waals surface area contributed by atoms with E-state index >= 15 is 0 Å². The first-order chi connectivity index (χ1) is 13.3. The fourth-order valence-corrected chi connectivity index (χ4v) is 3.89. The Labute approximate surface area is 163 Å². The zero-order valence-electron chi connectivity index (χ0n) is 16.8. The van der Waals surface area contributed by atoms with E-state index in [-0.39, 0.29) is 6.10 Å². The van der Waals surface area contributed by atoms with Gasteiger partial charge in [0, 0.05) is 38.7 Å². The molecule has 2 aliphatic heterocycles. The molecule has 2 atom stereocenters. The van der Waals surface area contributed by atoms with E-state index in [0.29, 0.717) is 0 Å². The fraction of sp³-hybridized carbons (Fsp3) is 0.762. The van der Waals surface area contributed by atoms with Crippen LogP contribution in [0.15, 0.2) is 27.8 Å². The molecule has 2 saturated heterocycles. The van der Waals surface area contributed by atoms with Crippen LogP contribution in [0.2, 0.25) is 0 Å². The lowest BCUT2D eigenvalue weighted by molar-refractivity contribution is 0.117.